The second kappa shape index (κ2) is 5.34. The standard InChI is InChI=1S/C9H17N3O.2ClH/c1-11-5-3-9(4-6-11)7-8(13)12(2)10-9;;/h10H,3-7H2,1-2H3;2*1H. The molecular weight excluding hydrogens is 237 g/mol. The number of hydrogen-bond donors (Lipinski definition) is 1. The molecule has 1 amide bonds. The molecule has 0 aromatic rings. The number of carbonyl (C=O) groups excluding carboxylic acids is 1. The van der Waals surface area contributed by atoms with Gasteiger partial charge in [0.2, 0.25) is 5.91 Å². The molecule has 0 saturated carbocycles. The molecular formula is C9H19Cl2N3O. The van der Waals surface area contributed by atoms with Gasteiger partial charge < -0.3 is 4.90 Å². The fourth-order valence-electron chi connectivity index (χ4n) is 2.20. The lowest BCUT2D eigenvalue weighted by molar-refractivity contribution is -0.128. The van der Waals surface area contributed by atoms with Crippen molar-refractivity contribution in [3.63, 3.8) is 0 Å². The number of likely N-dealkylation sites (tertiary alicyclic amines) is 1. The minimum absolute atomic E-state index is 0. The second-order valence-corrected chi connectivity index (χ2v) is 4.32. The van der Waals surface area contributed by atoms with Gasteiger partial charge in [-0.1, -0.05) is 0 Å². The van der Waals surface area contributed by atoms with E-state index in [2.05, 4.69) is 17.4 Å². The van der Waals surface area contributed by atoms with E-state index >= 15 is 0 Å². The molecule has 0 aromatic carbocycles. The summed E-state index contributed by atoms with van der Waals surface area (Å²) in [5, 5.41) is 1.64. The molecule has 2 heterocycles. The Morgan fingerprint density at radius 2 is 1.73 bits per heavy atom. The van der Waals surface area contributed by atoms with Gasteiger partial charge in [0.15, 0.2) is 0 Å². The van der Waals surface area contributed by atoms with Crippen molar-refractivity contribution in [1.82, 2.24) is 15.3 Å². The van der Waals surface area contributed by atoms with Crippen molar-refractivity contribution in [2.45, 2.75) is 24.8 Å². The fraction of sp³-hybridized carbons (Fsp3) is 0.889. The Balaban J connectivity index is 0.000000980. The zero-order chi connectivity index (χ0) is 9.47. The van der Waals surface area contributed by atoms with Gasteiger partial charge in [-0.2, -0.15) is 0 Å². The van der Waals surface area contributed by atoms with Crippen LogP contribution in [0.3, 0.4) is 0 Å². The van der Waals surface area contributed by atoms with E-state index in [-0.39, 0.29) is 36.3 Å². The first-order chi connectivity index (χ1) is 6.11. The van der Waals surface area contributed by atoms with E-state index in [1.807, 2.05) is 7.05 Å². The van der Waals surface area contributed by atoms with Gasteiger partial charge >= 0.3 is 0 Å². The highest BCUT2D eigenvalue weighted by atomic mass is 35.5. The lowest BCUT2D eigenvalue weighted by Crippen LogP contribution is -2.51. The fourth-order valence-corrected chi connectivity index (χ4v) is 2.20. The van der Waals surface area contributed by atoms with E-state index in [4.69, 9.17) is 0 Å². The number of nitrogens with zero attached hydrogens (tertiary/aromatic N) is 2. The summed E-state index contributed by atoms with van der Waals surface area (Å²) in [5.41, 5.74) is 3.38. The summed E-state index contributed by atoms with van der Waals surface area (Å²) in [4.78, 5) is 13.7. The van der Waals surface area contributed by atoms with Crippen LogP contribution in [-0.4, -0.2) is 48.5 Å². The van der Waals surface area contributed by atoms with Crippen LogP contribution in [0.1, 0.15) is 19.3 Å². The van der Waals surface area contributed by atoms with Gasteiger partial charge in [0, 0.05) is 19.0 Å². The normalized spacial score (nSPS) is 24.9. The van der Waals surface area contributed by atoms with Crippen LogP contribution < -0.4 is 5.43 Å². The topological polar surface area (TPSA) is 35.6 Å². The van der Waals surface area contributed by atoms with Crippen molar-refractivity contribution in [1.29, 1.82) is 0 Å². The Kier molecular flexibility index (Phi) is 5.33. The number of halogens is 2. The number of carbonyl (C=O) groups is 1. The Labute approximate surface area is 103 Å². The molecule has 2 fully saturated rings. The van der Waals surface area contributed by atoms with Gasteiger partial charge in [-0.25, -0.2) is 5.43 Å². The van der Waals surface area contributed by atoms with Crippen LogP contribution in [-0.2, 0) is 4.79 Å². The monoisotopic (exact) mass is 255 g/mol. The summed E-state index contributed by atoms with van der Waals surface area (Å²) in [6.07, 6.45) is 2.84. The molecule has 1 spiro atoms. The molecule has 0 bridgehead atoms. The van der Waals surface area contributed by atoms with Gasteiger partial charge in [0.25, 0.3) is 0 Å². The molecule has 6 heteroatoms. The van der Waals surface area contributed by atoms with Crippen molar-refractivity contribution in [2.75, 3.05) is 27.2 Å². The van der Waals surface area contributed by atoms with Crippen LogP contribution in [0, 0.1) is 0 Å². The van der Waals surface area contributed by atoms with E-state index in [0.717, 1.165) is 25.9 Å². The maximum Gasteiger partial charge on any atom is 0.238 e. The summed E-state index contributed by atoms with van der Waals surface area (Å²) < 4.78 is 0. The number of piperidine rings is 1. The van der Waals surface area contributed by atoms with Crippen LogP contribution in [0.2, 0.25) is 0 Å². The number of hydrazine groups is 1. The smallest absolute Gasteiger partial charge is 0.238 e. The van der Waals surface area contributed by atoms with Crippen molar-refractivity contribution >= 4 is 30.7 Å². The lowest BCUT2D eigenvalue weighted by atomic mass is 9.86. The average Bonchev–Trinajstić information content (AvgIpc) is 2.36. The molecule has 90 valence electrons. The Bertz CT molecular complexity index is 229. The van der Waals surface area contributed by atoms with Gasteiger partial charge in [-0.3, -0.25) is 9.80 Å². The summed E-state index contributed by atoms with van der Waals surface area (Å²) in [6.45, 7) is 2.18. The first kappa shape index (κ1) is 15.0. The van der Waals surface area contributed by atoms with E-state index in [1.54, 1.807) is 5.01 Å². The highest BCUT2D eigenvalue weighted by molar-refractivity contribution is 5.85. The second-order valence-electron chi connectivity index (χ2n) is 4.32. The number of hydrogen-bond acceptors (Lipinski definition) is 3. The van der Waals surface area contributed by atoms with Crippen LogP contribution in [0.5, 0.6) is 0 Å². The Hall–Kier alpha value is -0.0300. The average molecular weight is 256 g/mol. The summed E-state index contributed by atoms with van der Waals surface area (Å²) in [5.74, 6) is 0.226. The molecule has 0 atom stereocenters. The third-order valence-corrected chi connectivity index (χ3v) is 3.21. The maximum absolute atomic E-state index is 11.4. The van der Waals surface area contributed by atoms with Gasteiger partial charge in [0.05, 0.1) is 0 Å². The van der Waals surface area contributed by atoms with E-state index < -0.39 is 0 Å². The molecule has 4 nitrogen and oxygen atoms in total. The summed E-state index contributed by atoms with van der Waals surface area (Å²) in [7, 11) is 3.95. The van der Waals surface area contributed by atoms with Crippen molar-refractivity contribution in [3.05, 3.63) is 0 Å². The van der Waals surface area contributed by atoms with Crippen molar-refractivity contribution < 1.29 is 4.79 Å². The minimum Gasteiger partial charge on any atom is -0.306 e. The highest BCUT2D eigenvalue weighted by Gasteiger charge is 2.42. The third-order valence-electron chi connectivity index (χ3n) is 3.21. The molecule has 2 rings (SSSR count). The molecule has 2 aliphatic rings. The first-order valence-electron chi connectivity index (χ1n) is 4.84. The molecule has 15 heavy (non-hydrogen) atoms. The first-order valence-corrected chi connectivity index (χ1v) is 4.84. The zero-order valence-corrected chi connectivity index (χ0v) is 10.8. The predicted octanol–water partition coefficient (Wildman–Crippen LogP) is 0.661. The van der Waals surface area contributed by atoms with Crippen LogP contribution in [0.4, 0.5) is 0 Å². The van der Waals surface area contributed by atoms with Gasteiger partial charge in [-0.15, -0.1) is 24.8 Å². The lowest BCUT2D eigenvalue weighted by Gasteiger charge is -2.37. The van der Waals surface area contributed by atoms with Crippen molar-refractivity contribution in [2.24, 2.45) is 0 Å². The summed E-state index contributed by atoms with van der Waals surface area (Å²) >= 11 is 0. The zero-order valence-electron chi connectivity index (χ0n) is 9.15. The quantitative estimate of drug-likeness (QED) is 0.691. The number of amides is 1. The molecule has 0 unspecified atom stereocenters. The number of nitrogens with one attached hydrogen (secondary N) is 1. The maximum atomic E-state index is 11.4. The van der Waals surface area contributed by atoms with Gasteiger partial charge in [0.1, 0.15) is 0 Å². The van der Waals surface area contributed by atoms with Crippen LogP contribution in [0.25, 0.3) is 0 Å². The molecule has 0 radical (unpaired) electrons. The Morgan fingerprint density at radius 3 is 2.13 bits per heavy atom. The van der Waals surface area contributed by atoms with E-state index in [0.29, 0.717) is 6.42 Å². The minimum atomic E-state index is 0. The summed E-state index contributed by atoms with van der Waals surface area (Å²) in [6, 6.07) is 0. The van der Waals surface area contributed by atoms with E-state index in [1.165, 1.54) is 0 Å². The highest BCUT2D eigenvalue weighted by Crippen LogP contribution is 2.29. The molecule has 2 aliphatic heterocycles. The van der Waals surface area contributed by atoms with E-state index in [9.17, 15) is 4.79 Å². The van der Waals surface area contributed by atoms with Crippen LogP contribution in [0.15, 0.2) is 0 Å². The third kappa shape index (κ3) is 2.97. The number of rotatable bonds is 0. The van der Waals surface area contributed by atoms with Crippen molar-refractivity contribution in [3.8, 4) is 0 Å². The predicted molar refractivity (Wildman–Crippen MR) is 64.5 cm³/mol. The largest absolute Gasteiger partial charge is 0.306 e. The Morgan fingerprint density at radius 1 is 1.20 bits per heavy atom. The molecule has 2 saturated heterocycles. The molecule has 1 N–H and O–H groups in total. The molecule has 0 aromatic heterocycles. The molecule has 0 aliphatic carbocycles. The van der Waals surface area contributed by atoms with Crippen LogP contribution >= 0.6 is 24.8 Å². The van der Waals surface area contributed by atoms with Gasteiger partial charge in [-0.05, 0) is 33.0 Å². The SMILES string of the molecule is CN1CCC2(CC1)CC(=O)N(C)N2.Cl.Cl.